The molecule has 28 heavy (non-hydrogen) atoms. The summed E-state index contributed by atoms with van der Waals surface area (Å²) in [5, 5.41) is 0.197. The van der Waals surface area contributed by atoms with E-state index < -0.39 is 33.5 Å². The van der Waals surface area contributed by atoms with Gasteiger partial charge in [-0.1, -0.05) is 58.2 Å². The van der Waals surface area contributed by atoms with Gasteiger partial charge in [0.1, 0.15) is 23.0 Å². The summed E-state index contributed by atoms with van der Waals surface area (Å²) in [7, 11) is -8.38. The average molecular weight is 504 g/mol. The largest absolute Gasteiger partial charge is 0.299 e. The highest BCUT2D eigenvalue weighted by Gasteiger charge is 2.20. The van der Waals surface area contributed by atoms with E-state index in [0.29, 0.717) is 0 Å². The maximum absolute atomic E-state index is 12.1. The van der Waals surface area contributed by atoms with E-state index in [9.17, 15) is 16.8 Å². The molecule has 2 aromatic rings. The molecule has 0 radical (unpaired) electrons. The quantitative estimate of drug-likeness (QED) is 0.428. The van der Waals surface area contributed by atoms with E-state index in [1.807, 2.05) is 0 Å². The van der Waals surface area contributed by atoms with Crippen LogP contribution < -0.4 is 0 Å². The van der Waals surface area contributed by atoms with Crippen molar-refractivity contribution in [3.05, 3.63) is 56.5 Å². The van der Waals surface area contributed by atoms with E-state index in [1.54, 1.807) is 0 Å². The molecule has 0 aliphatic heterocycles. The zero-order valence-electron chi connectivity index (χ0n) is 13.7. The van der Waals surface area contributed by atoms with Crippen molar-refractivity contribution in [1.82, 2.24) is 0 Å². The normalized spacial score (nSPS) is 11.7. The maximum Gasteiger partial charge on any atom is 0.299 e. The van der Waals surface area contributed by atoms with Crippen LogP contribution in [0.1, 0.15) is 0 Å². The van der Waals surface area contributed by atoms with Gasteiger partial charge in [-0.3, -0.25) is 8.37 Å². The standard InChI is InChI=1S/C16H10Cl4O6S2/c17-11-3-5-13(19)15(9-11)27(21,22)25-7-1-2-8-26-28(23,24)16-10-12(18)4-6-14(16)20/h3-6,9-10H,7-8H2. The van der Waals surface area contributed by atoms with Crippen molar-refractivity contribution in [3.8, 4) is 11.8 Å². The molecular formula is C16H10Cl4O6S2. The molecule has 0 aliphatic carbocycles. The Labute approximate surface area is 182 Å². The van der Waals surface area contributed by atoms with E-state index in [0.717, 1.165) is 12.1 Å². The molecule has 0 N–H and O–H groups in total. The average Bonchev–Trinajstić information content (AvgIpc) is 2.61. The first-order valence-corrected chi connectivity index (χ1v) is 11.5. The van der Waals surface area contributed by atoms with Crippen LogP contribution in [0.5, 0.6) is 0 Å². The Kier molecular flexibility index (Phi) is 8.02. The smallest absolute Gasteiger partial charge is 0.253 e. The number of halogens is 4. The minimum atomic E-state index is -4.19. The molecule has 0 spiro atoms. The Hall–Kier alpha value is -1.02. The molecule has 0 aromatic heterocycles. The van der Waals surface area contributed by atoms with Gasteiger partial charge in [0.25, 0.3) is 20.2 Å². The molecule has 6 nitrogen and oxygen atoms in total. The van der Waals surface area contributed by atoms with Gasteiger partial charge in [0.05, 0.1) is 10.0 Å². The second kappa shape index (κ2) is 9.65. The Morgan fingerprint density at radius 2 is 1.04 bits per heavy atom. The maximum atomic E-state index is 12.1. The fourth-order valence-corrected chi connectivity index (χ4v) is 4.89. The molecule has 0 aliphatic rings. The van der Waals surface area contributed by atoms with Gasteiger partial charge in [0.2, 0.25) is 0 Å². The van der Waals surface area contributed by atoms with E-state index in [1.165, 1.54) is 24.3 Å². The molecule has 0 atom stereocenters. The van der Waals surface area contributed by atoms with E-state index >= 15 is 0 Å². The second-order valence-corrected chi connectivity index (χ2v) is 9.79. The van der Waals surface area contributed by atoms with Crippen molar-refractivity contribution in [2.45, 2.75) is 9.79 Å². The zero-order chi connectivity index (χ0) is 20.9. The molecule has 2 rings (SSSR count). The van der Waals surface area contributed by atoms with Crippen LogP contribution >= 0.6 is 46.4 Å². The van der Waals surface area contributed by atoms with Crippen LogP contribution in [-0.2, 0) is 28.6 Å². The van der Waals surface area contributed by atoms with Crippen LogP contribution in [-0.4, -0.2) is 30.0 Å². The summed E-state index contributed by atoms with van der Waals surface area (Å²) in [6.07, 6.45) is 0. The van der Waals surface area contributed by atoms with Crippen LogP contribution in [0, 0.1) is 11.8 Å². The fourth-order valence-electron chi connectivity index (χ4n) is 1.78. The minimum absolute atomic E-state index is 0.0646. The van der Waals surface area contributed by atoms with Crippen LogP contribution in [0.4, 0.5) is 0 Å². The summed E-state index contributed by atoms with van der Waals surface area (Å²) in [5.41, 5.74) is 0. The molecule has 0 saturated heterocycles. The van der Waals surface area contributed by atoms with Crippen LogP contribution in [0.2, 0.25) is 20.1 Å². The molecule has 0 amide bonds. The molecule has 12 heteroatoms. The Balaban J connectivity index is 1.97. The monoisotopic (exact) mass is 502 g/mol. The number of rotatable bonds is 6. The molecule has 0 unspecified atom stereocenters. The SMILES string of the molecule is O=S(=O)(OCC#CCOS(=O)(=O)c1cc(Cl)ccc1Cl)c1cc(Cl)ccc1Cl. The zero-order valence-corrected chi connectivity index (χ0v) is 18.3. The highest BCUT2D eigenvalue weighted by atomic mass is 35.5. The van der Waals surface area contributed by atoms with Crippen molar-refractivity contribution >= 4 is 66.6 Å². The Morgan fingerprint density at radius 1 is 0.679 bits per heavy atom. The number of hydrogen-bond acceptors (Lipinski definition) is 6. The van der Waals surface area contributed by atoms with Gasteiger partial charge in [0, 0.05) is 10.0 Å². The van der Waals surface area contributed by atoms with Gasteiger partial charge in [-0.25, -0.2) is 0 Å². The lowest BCUT2D eigenvalue weighted by Gasteiger charge is -2.06. The highest BCUT2D eigenvalue weighted by Crippen LogP contribution is 2.27. The topological polar surface area (TPSA) is 86.7 Å². The first kappa shape index (κ1) is 23.3. The van der Waals surface area contributed by atoms with Crippen molar-refractivity contribution in [2.24, 2.45) is 0 Å². The summed E-state index contributed by atoms with van der Waals surface area (Å²) in [6, 6.07) is 7.74. The van der Waals surface area contributed by atoms with Gasteiger partial charge < -0.3 is 0 Å². The molecule has 150 valence electrons. The first-order valence-electron chi connectivity index (χ1n) is 7.17. The third-order valence-corrected chi connectivity index (χ3v) is 6.99. The van der Waals surface area contributed by atoms with Gasteiger partial charge >= 0.3 is 0 Å². The van der Waals surface area contributed by atoms with Gasteiger partial charge in [-0.15, -0.1) is 0 Å². The molecule has 0 heterocycles. The number of benzene rings is 2. The van der Waals surface area contributed by atoms with E-state index in [4.69, 9.17) is 54.8 Å². The third kappa shape index (κ3) is 6.24. The lowest BCUT2D eigenvalue weighted by molar-refractivity contribution is 0.356. The number of hydrogen-bond donors (Lipinski definition) is 0. The highest BCUT2D eigenvalue weighted by molar-refractivity contribution is 7.87. The molecule has 0 bridgehead atoms. The van der Waals surface area contributed by atoms with Crippen molar-refractivity contribution in [2.75, 3.05) is 13.2 Å². The van der Waals surface area contributed by atoms with Gasteiger partial charge in [0.15, 0.2) is 0 Å². The summed E-state index contributed by atoms with van der Waals surface area (Å²) >= 11 is 23.1. The van der Waals surface area contributed by atoms with Crippen LogP contribution in [0.25, 0.3) is 0 Å². The molecule has 0 saturated carbocycles. The van der Waals surface area contributed by atoms with E-state index in [2.05, 4.69) is 11.8 Å². The lowest BCUT2D eigenvalue weighted by Crippen LogP contribution is -2.09. The summed E-state index contributed by atoms with van der Waals surface area (Å²) in [6.45, 7) is -1.10. The minimum Gasteiger partial charge on any atom is -0.253 e. The predicted octanol–water partition coefficient (Wildman–Crippen LogP) is 4.41. The van der Waals surface area contributed by atoms with E-state index in [-0.39, 0.29) is 29.9 Å². The van der Waals surface area contributed by atoms with Crippen molar-refractivity contribution < 1.29 is 25.2 Å². The van der Waals surface area contributed by atoms with Gasteiger partial charge in [-0.05, 0) is 36.4 Å². The fraction of sp³-hybridized carbons (Fsp3) is 0.125. The third-order valence-electron chi connectivity index (χ3n) is 3.02. The first-order chi connectivity index (χ1) is 13.0. The van der Waals surface area contributed by atoms with Crippen LogP contribution in [0.3, 0.4) is 0 Å². The van der Waals surface area contributed by atoms with Crippen molar-refractivity contribution in [3.63, 3.8) is 0 Å². The molecule has 2 aromatic carbocycles. The summed E-state index contributed by atoms with van der Waals surface area (Å²) in [5.74, 6) is 4.64. The summed E-state index contributed by atoms with van der Waals surface area (Å²) in [4.78, 5) is -0.615. The second-order valence-electron chi connectivity index (χ2n) is 4.94. The Bertz CT molecular complexity index is 1060. The lowest BCUT2D eigenvalue weighted by atomic mass is 10.4. The van der Waals surface area contributed by atoms with Crippen LogP contribution in [0.15, 0.2) is 46.2 Å². The summed E-state index contributed by atoms with van der Waals surface area (Å²) < 4.78 is 57.7. The predicted molar refractivity (Wildman–Crippen MR) is 107 cm³/mol. The molecule has 0 fully saturated rings. The Morgan fingerprint density at radius 3 is 1.39 bits per heavy atom. The van der Waals surface area contributed by atoms with Crippen molar-refractivity contribution in [1.29, 1.82) is 0 Å². The molecular weight excluding hydrogens is 494 g/mol. The van der Waals surface area contributed by atoms with Gasteiger partial charge in [-0.2, -0.15) is 16.8 Å².